The molecule has 1 aromatic rings. The molecular weight excluding hydrogens is 256 g/mol. The first-order valence-corrected chi connectivity index (χ1v) is 6.68. The van der Waals surface area contributed by atoms with Crippen LogP contribution in [0.3, 0.4) is 0 Å². The van der Waals surface area contributed by atoms with Gasteiger partial charge in [0, 0.05) is 31.3 Å². The lowest BCUT2D eigenvalue weighted by Gasteiger charge is -2.15. The molecule has 0 saturated carbocycles. The fraction of sp³-hybridized carbons (Fsp3) is 0.333. The van der Waals surface area contributed by atoms with Gasteiger partial charge in [-0.1, -0.05) is 12.1 Å². The van der Waals surface area contributed by atoms with Crippen molar-refractivity contribution in [3.63, 3.8) is 0 Å². The summed E-state index contributed by atoms with van der Waals surface area (Å²) in [6.07, 6.45) is 4.65. The van der Waals surface area contributed by atoms with Gasteiger partial charge in [-0.05, 0) is 30.2 Å². The number of benzene rings is 1. The fourth-order valence-electron chi connectivity index (χ4n) is 2.10. The topological polar surface area (TPSA) is 69.6 Å². The van der Waals surface area contributed by atoms with Crippen LogP contribution < -0.4 is 10.2 Å². The minimum Gasteiger partial charge on any atom is -0.395 e. The van der Waals surface area contributed by atoms with Gasteiger partial charge < -0.3 is 15.3 Å². The molecule has 106 valence electrons. The van der Waals surface area contributed by atoms with Crippen molar-refractivity contribution < 1.29 is 14.7 Å². The molecule has 0 atom stereocenters. The number of carbonyl (C=O) groups excluding carboxylic acids is 2. The average Bonchev–Trinajstić information content (AvgIpc) is 2.89. The summed E-state index contributed by atoms with van der Waals surface area (Å²) in [6, 6.07) is 7.51. The van der Waals surface area contributed by atoms with Crippen LogP contribution in [-0.4, -0.2) is 36.6 Å². The lowest BCUT2D eigenvalue weighted by molar-refractivity contribution is -0.117. The lowest BCUT2D eigenvalue weighted by atomic mass is 10.2. The summed E-state index contributed by atoms with van der Waals surface area (Å²) in [5, 5.41) is 11.1. The van der Waals surface area contributed by atoms with E-state index in [1.807, 2.05) is 24.3 Å². The molecule has 20 heavy (non-hydrogen) atoms. The zero-order valence-corrected chi connectivity index (χ0v) is 11.2. The van der Waals surface area contributed by atoms with Crippen LogP contribution in [0.15, 0.2) is 30.3 Å². The number of hydrogen-bond donors (Lipinski definition) is 2. The third-order valence-corrected chi connectivity index (χ3v) is 3.12. The molecule has 0 radical (unpaired) electrons. The number of amides is 2. The summed E-state index contributed by atoms with van der Waals surface area (Å²) in [5.74, 6) is -0.0745. The SMILES string of the molecule is O=C(/C=C/c1ccc(N2CCCC2=O)cc1)NCCO. The number of aliphatic hydroxyl groups excluding tert-OH is 1. The van der Waals surface area contributed by atoms with Gasteiger partial charge in [0.25, 0.3) is 0 Å². The van der Waals surface area contributed by atoms with Gasteiger partial charge in [0.05, 0.1) is 6.61 Å². The monoisotopic (exact) mass is 274 g/mol. The predicted molar refractivity (Wildman–Crippen MR) is 77.2 cm³/mol. The van der Waals surface area contributed by atoms with Crippen molar-refractivity contribution in [1.82, 2.24) is 5.32 Å². The van der Waals surface area contributed by atoms with E-state index in [0.717, 1.165) is 24.2 Å². The minimum atomic E-state index is -0.238. The molecule has 0 bridgehead atoms. The maximum atomic E-state index is 11.6. The molecular formula is C15H18N2O3. The lowest BCUT2D eigenvalue weighted by Crippen LogP contribution is -2.24. The number of rotatable bonds is 5. The highest BCUT2D eigenvalue weighted by Gasteiger charge is 2.21. The quantitative estimate of drug-likeness (QED) is 0.785. The Kier molecular flexibility index (Phi) is 4.90. The van der Waals surface area contributed by atoms with E-state index in [0.29, 0.717) is 6.42 Å². The average molecular weight is 274 g/mol. The number of aliphatic hydroxyl groups is 1. The van der Waals surface area contributed by atoms with Crippen LogP contribution >= 0.6 is 0 Å². The Morgan fingerprint density at radius 3 is 2.70 bits per heavy atom. The summed E-state index contributed by atoms with van der Waals surface area (Å²) in [7, 11) is 0. The maximum Gasteiger partial charge on any atom is 0.244 e. The van der Waals surface area contributed by atoms with Crippen molar-refractivity contribution in [1.29, 1.82) is 0 Å². The van der Waals surface area contributed by atoms with Crippen LogP contribution in [0.2, 0.25) is 0 Å². The summed E-state index contributed by atoms with van der Waals surface area (Å²) in [5.41, 5.74) is 1.79. The largest absolute Gasteiger partial charge is 0.395 e. The van der Waals surface area contributed by atoms with E-state index >= 15 is 0 Å². The first-order chi connectivity index (χ1) is 9.70. The van der Waals surface area contributed by atoms with E-state index in [9.17, 15) is 9.59 Å². The van der Waals surface area contributed by atoms with E-state index in [2.05, 4.69) is 5.32 Å². The number of hydrogen-bond acceptors (Lipinski definition) is 3. The summed E-state index contributed by atoms with van der Waals surface area (Å²) in [4.78, 5) is 24.7. The van der Waals surface area contributed by atoms with E-state index in [4.69, 9.17) is 5.11 Å². The molecule has 2 rings (SSSR count). The maximum absolute atomic E-state index is 11.6. The molecule has 2 amide bonds. The Balaban J connectivity index is 1.96. The number of anilines is 1. The molecule has 0 unspecified atom stereocenters. The molecule has 1 aromatic carbocycles. The van der Waals surface area contributed by atoms with E-state index in [1.54, 1.807) is 11.0 Å². The van der Waals surface area contributed by atoms with Crippen LogP contribution in [0.25, 0.3) is 6.08 Å². The Morgan fingerprint density at radius 2 is 2.10 bits per heavy atom. The van der Waals surface area contributed by atoms with E-state index in [-0.39, 0.29) is 25.0 Å². The summed E-state index contributed by atoms with van der Waals surface area (Å²) >= 11 is 0. The van der Waals surface area contributed by atoms with Gasteiger partial charge in [0.15, 0.2) is 0 Å². The van der Waals surface area contributed by atoms with Crippen molar-refractivity contribution in [3.05, 3.63) is 35.9 Å². The fourth-order valence-corrected chi connectivity index (χ4v) is 2.10. The Labute approximate surface area is 117 Å². The van der Waals surface area contributed by atoms with Crippen molar-refractivity contribution in [2.45, 2.75) is 12.8 Å². The first-order valence-electron chi connectivity index (χ1n) is 6.68. The van der Waals surface area contributed by atoms with Gasteiger partial charge in [-0.25, -0.2) is 0 Å². The Hall–Kier alpha value is -2.14. The van der Waals surface area contributed by atoms with Crippen LogP contribution in [0, 0.1) is 0 Å². The third kappa shape index (κ3) is 3.68. The molecule has 1 heterocycles. The number of nitrogens with one attached hydrogen (secondary N) is 1. The molecule has 5 heteroatoms. The highest BCUT2D eigenvalue weighted by atomic mass is 16.3. The summed E-state index contributed by atoms with van der Waals surface area (Å²) in [6.45, 7) is 0.953. The second-order valence-electron chi connectivity index (χ2n) is 4.59. The van der Waals surface area contributed by atoms with E-state index in [1.165, 1.54) is 6.08 Å². The van der Waals surface area contributed by atoms with E-state index < -0.39 is 0 Å². The zero-order valence-electron chi connectivity index (χ0n) is 11.2. The highest BCUT2D eigenvalue weighted by Crippen LogP contribution is 2.21. The van der Waals surface area contributed by atoms with Gasteiger partial charge in [0.2, 0.25) is 11.8 Å². The van der Waals surface area contributed by atoms with Gasteiger partial charge in [-0.3, -0.25) is 9.59 Å². The standard InChI is InChI=1S/C15H18N2O3/c18-11-9-16-14(19)8-5-12-3-6-13(7-4-12)17-10-1-2-15(17)20/h3-8,18H,1-2,9-11H2,(H,16,19)/b8-5+. The summed E-state index contributed by atoms with van der Waals surface area (Å²) < 4.78 is 0. The van der Waals surface area contributed by atoms with Crippen molar-refractivity contribution in [3.8, 4) is 0 Å². The third-order valence-electron chi connectivity index (χ3n) is 3.12. The van der Waals surface area contributed by atoms with Crippen molar-refractivity contribution in [2.24, 2.45) is 0 Å². The minimum absolute atomic E-state index is 0.0713. The van der Waals surface area contributed by atoms with Gasteiger partial charge in [-0.15, -0.1) is 0 Å². The zero-order chi connectivity index (χ0) is 14.4. The molecule has 0 spiro atoms. The molecule has 1 aliphatic heterocycles. The van der Waals surface area contributed by atoms with Crippen LogP contribution in [0.5, 0.6) is 0 Å². The molecule has 2 N–H and O–H groups in total. The number of carbonyl (C=O) groups is 2. The molecule has 1 saturated heterocycles. The van der Waals surface area contributed by atoms with Crippen LogP contribution in [0.1, 0.15) is 18.4 Å². The molecule has 5 nitrogen and oxygen atoms in total. The predicted octanol–water partition coefficient (Wildman–Crippen LogP) is 0.935. The first kappa shape index (κ1) is 14.3. The Morgan fingerprint density at radius 1 is 1.35 bits per heavy atom. The smallest absolute Gasteiger partial charge is 0.244 e. The highest BCUT2D eigenvalue weighted by molar-refractivity contribution is 5.95. The molecule has 1 aliphatic rings. The Bertz CT molecular complexity index is 508. The second kappa shape index (κ2) is 6.86. The number of nitrogens with zero attached hydrogens (tertiary/aromatic N) is 1. The van der Waals surface area contributed by atoms with Gasteiger partial charge in [-0.2, -0.15) is 0 Å². The normalized spacial score (nSPS) is 15.1. The molecule has 1 fully saturated rings. The second-order valence-corrected chi connectivity index (χ2v) is 4.59. The van der Waals surface area contributed by atoms with Gasteiger partial charge in [0.1, 0.15) is 0 Å². The van der Waals surface area contributed by atoms with Crippen molar-refractivity contribution in [2.75, 3.05) is 24.6 Å². The van der Waals surface area contributed by atoms with Crippen molar-refractivity contribution >= 4 is 23.6 Å². The molecule has 0 aliphatic carbocycles. The van der Waals surface area contributed by atoms with Gasteiger partial charge >= 0.3 is 0 Å². The van der Waals surface area contributed by atoms with Crippen LogP contribution in [0.4, 0.5) is 5.69 Å². The van der Waals surface area contributed by atoms with Crippen LogP contribution in [-0.2, 0) is 9.59 Å². The molecule has 0 aromatic heterocycles.